The second-order valence-corrected chi connectivity index (χ2v) is 5.93. The number of hydrogen-bond acceptors (Lipinski definition) is 3. The Bertz CT molecular complexity index is 481. The average Bonchev–Trinajstić information content (AvgIpc) is 2.76. The zero-order chi connectivity index (χ0) is 13.4. The first-order valence-corrected chi connectivity index (χ1v) is 7.16. The number of piperidine rings is 1. The minimum Gasteiger partial charge on any atom is -0.339 e. The van der Waals surface area contributed by atoms with Crippen molar-refractivity contribution >= 4 is 17.5 Å². The summed E-state index contributed by atoms with van der Waals surface area (Å²) in [4.78, 5) is 18.2. The van der Waals surface area contributed by atoms with Gasteiger partial charge in [-0.25, -0.2) is 4.98 Å². The smallest absolute Gasteiger partial charge is 0.254 e. The third kappa shape index (κ3) is 2.60. The highest BCUT2D eigenvalue weighted by Crippen LogP contribution is 2.29. The van der Waals surface area contributed by atoms with Gasteiger partial charge in [0.2, 0.25) is 0 Å². The molecule has 2 aliphatic rings. The summed E-state index contributed by atoms with van der Waals surface area (Å²) in [6.07, 6.45) is 6.17. The zero-order valence-corrected chi connectivity index (χ0v) is 11.7. The highest BCUT2D eigenvalue weighted by Gasteiger charge is 2.36. The minimum atomic E-state index is 0.0376. The topological polar surface area (TPSA) is 45.2 Å². The summed E-state index contributed by atoms with van der Waals surface area (Å²) in [5.41, 5.74) is 0.619. The molecule has 1 aromatic heterocycles. The molecule has 0 aromatic carbocycles. The first-order chi connectivity index (χ1) is 9.13. The van der Waals surface area contributed by atoms with Crippen LogP contribution in [-0.4, -0.2) is 41.0 Å². The largest absolute Gasteiger partial charge is 0.339 e. The Kier molecular flexibility index (Phi) is 3.46. The lowest BCUT2D eigenvalue weighted by Crippen LogP contribution is -2.48. The molecule has 0 spiro atoms. The molecule has 4 nitrogen and oxygen atoms in total. The van der Waals surface area contributed by atoms with Crippen LogP contribution in [0.3, 0.4) is 0 Å². The maximum atomic E-state index is 12.4. The number of aromatic nitrogens is 1. The van der Waals surface area contributed by atoms with Gasteiger partial charge in [0.15, 0.2) is 0 Å². The molecule has 2 bridgehead atoms. The van der Waals surface area contributed by atoms with Gasteiger partial charge < -0.3 is 10.2 Å². The molecule has 2 aliphatic heterocycles. The van der Waals surface area contributed by atoms with E-state index in [0.29, 0.717) is 28.8 Å². The summed E-state index contributed by atoms with van der Waals surface area (Å²) in [7, 11) is 1.89. The molecule has 3 heterocycles. The molecule has 3 rings (SSSR count). The predicted molar refractivity (Wildman–Crippen MR) is 74.3 cm³/mol. The highest BCUT2D eigenvalue weighted by atomic mass is 35.5. The number of carbonyl (C=O) groups is 1. The van der Waals surface area contributed by atoms with Crippen molar-refractivity contribution in [1.29, 1.82) is 0 Å². The standard InChI is InChI=1S/C14H18ClN3O/c1-18(12-7-10-2-3-11(8-12)17-10)14(19)9-4-5-16-13(15)6-9/h4-6,10-12,17H,2-3,7-8H2,1H3. The van der Waals surface area contributed by atoms with Crippen LogP contribution >= 0.6 is 11.6 Å². The third-order valence-corrected chi connectivity index (χ3v) is 4.50. The van der Waals surface area contributed by atoms with Crippen LogP contribution in [0.1, 0.15) is 36.0 Å². The van der Waals surface area contributed by atoms with Gasteiger partial charge in [0, 0.05) is 36.9 Å². The van der Waals surface area contributed by atoms with Crippen molar-refractivity contribution < 1.29 is 4.79 Å². The van der Waals surface area contributed by atoms with Crippen molar-refractivity contribution in [1.82, 2.24) is 15.2 Å². The summed E-state index contributed by atoms with van der Waals surface area (Å²) < 4.78 is 0. The second kappa shape index (κ2) is 5.10. The van der Waals surface area contributed by atoms with Crippen LogP contribution in [0.2, 0.25) is 5.15 Å². The van der Waals surface area contributed by atoms with Crippen LogP contribution in [0, 0.1) is 0 Å². The van der Waals surface area contributed by atoms with E-state index in [9.17, 15) is 4.79 Å². The van der Waals surface area contributed by atoms with Gasteiger partial charge in [0.25, 0.3) is 5.91 Å². The number of hydrogen-bond donors (Lipinski definition) is 1. The van der Waals surface area contributed by atoms with Gasteiger partial charge in [0.1, 0.15) is 5.15 Å². The summed E-state index contributed by atoms with van der Waals surface area (Å²) in [6.45, 7) is 0. The fourth-order valence-corrected chi connectivity index (χ4v) is 3.42. The van der Waals surface area contributed by atoms with Crippen LogP contribution in [0.15, 0.2) is 18.3 Å². The number of rotatable bonds is 2. The van der Waals surface area contributed by atoms with Gasteiger partial charge in [-0.05, 0) is 37.8 Å². The molecule has 1 N–H and O–H groups in total. The van der Waals surface area contributed by atoms with E-state index >= 15 is 0 Å². The summed E-state index contributed by atoms with van der Waals surface area (Å²) >= 11 is 5.84. The lowest BCUT2D eigenvalue weighted by Gasteiger charge is -2.35. The fourth-order valence-electron chi connectivity index (χ4n) is 3.25. The van der Waals surface area contributed by atoms with Gasteiger partial charge in [-0.1, -0.05) is 11.6 Å². The Morgan fingerprint density at radius 3 is 2.74 bits per heavy atom. The van der Waals surface area contributed by atoms with Gasteiger partial charge in [0.05, 0.1) is 0 Å². The predicted octanol–water partition coefficient (Wildman–Crippen LogP) is 2.09. The van der Waals surface area contributed by atoms with E-state index in [-0.39, 0.29) is 5.91 Å². The maximum absolute atomic E-state index is 12.4. The number of fused-ring (bicyclic) bond motifs is 2. The minimum absolute atomic E-state index is 0.0376. The number of nitrogens with zero attached hydrogens (tertiary/aromatic N) is 2. The second-order valence-electron chi connectivity index (χ2n) is 5.55. The van der Waals surface area contributed by atoms with Crippen molar-refractivity contribution in [2.75, 3.05) is 7.05 Å². The number of carbonyl (C=O) groups excluding carboxylic acids is 1. The summed E-state index contributed by atoms with van der Waals surface area (Å²) in [6, 6.07) is 4.86. The molecule has 102 valence electrons. The number of pyridine rings is 1. The van der Waals surface area contributed by atoms with Crippen LogP contribution < -0.4 is 5.32 Å². The zero-order valence-electron chi connectivity index (χ0n) is 11.0. The normalized spacial score (nSPS) is 29.3. The van der Waals surface area contributed by atoms with Crippen molar-refractivity contribution in [3.63, 3.8) is 0 Å². The molecule has 1 aromatic rings. The Morgan fingerprint density at radius 1 is 1.42 bits per heavy atom. The molecular weight excluding hydrogens is 262 g/mol. The van der Waals surface area contributed by atoms with E-state index in [0.717, 1.165) is 12.8 Å². The van der Waals surface area contributed by atoms with Gasteiger partial charge in [-0.3, -0.25) is 4.79 Å². The summed E-state index contributed by atoms with van der Waals surface area (Å²) in [5, 5.41) is 3.96. The van der Waals surface area contributed by atoms with E-state index in [4.69, 9.17) is 11.6 Å². The van der Waals surface area contributed by atoms with E-state index < -0.39 is 0 Å². The molecule has 2 atom stereocenters. The number of amides is 1. The lowest BCUT2D eigenvalue weighted by molar-refractivity contribution is 0.0681. The number of nitrogens with one attached hydrogen (secondary N) is 1. The molecular formula is C14H18ClN3O. The van der Waals surface area contributed by atoms with Crippen LogP contribution in [0.25, 0.3) is 0 Å². The average molecular weight is 280 g/mol. The van der Waals surface area contributed by atoms with Crippen molar-refractivity contribution in [3.05, 3.63) is 29.0 Å². The molecule has 5 heteroatoms. The molecule has 0 radical (unpaired) electrons. The Labute approximate surface area is 118 Å². The Morgan fingerprint density at radius 2 is 2.11 bits per heavy atom. The lowest BCUT2D eigenvalue weighted by atomic mass is 9.98. The molecule has 0 aliphatic carbocycles. The maximum Gasteiger partial charge on any atom is 0.254 e. The van der Waals surface area contributed by atoms with Gasteiger partial charge in [-0.2, -0.15) is 0 Å². The highest BCUT2D eigenvalue weighted by molar-refractivity contribution is 6.29. The fraction of sp³-hybridized carbons (Fsp3) is 0.571. The SMILES string of the molecule is CN(C(=O)c1ccnc(Cl)c1)C1CC2CCC(C1)N2. The van der Waals surface area contributed by atoms with Crippen LogP contribution in [0.5, 0.6) is 0 Å². The molecule has 19 heavy (non-hydrogen) atoms. The Balaban J connectivity index is 1.73. The Hall–Kier alpha value is -1.13. The summed E-state index contributed by atoms with van der Waals surface area (Å²) in [5.74, 6) is 0.0376. The van der Waals surface area contributed by atoms with Crippen molar-refractivity contribution in [3.8, 4) is 0 Å². The van der Waals surface area contributed by atoms with E-state index in [1.54, 1.807) is 18.3 Å². The third-order valence-electron chi connectivity index (χ3n) is 4.29. The molecule has 2 saturated heterocycles. The van der Waals surface area contributed by atoms with Crippen LogP contribution in [0.4, 0.5) is 0 Å². The van der Waals surface area contributed by atoms with Crippen molar-refractivity contribution in [2.45, 2.75) is 43.8 Å². The molecule has 2 fully saturated rings. The van der Waals surface area contributed by atoms with Gasteiger partial charge >= 0.3 is 0 Å². The molecule has 2 unspecified atom stereocenters. The van der Waals surface area contributed by atoms with Gasteiger partial charge in [-0.15, -0.1) is 0 Å². The van der Waals surface area contributed by atoms with Crippen LogP contribution in [-0.2, 0) is 0 Å². The monoisotopic (exact) mass is 279 g/mol. The molecule has 1 amide bonds. The van der Waals surface area contributed by atoms with E-state index in [1.807, 2.05) is 11.9 Å². The van der Waals surface area contributed by atoms with Crippen molar-refractivity contribution in [2.24, 2.45) is 0 Å². The van der Waals surface area contributed by atoms with E-state index in [2.05, 4.69) is 10.3 Å². The first kappa shape index (κ1) is 12.9. The number of halogens is 1. The first-order valence-electron chi connectivity index (χ1n) is 6.78. The molecule has 0 saturated carbocycles. The quantitative estimate of drug-likeness (QED) is 0.843. The van der Waals surface area contributed by atoms with E-state index in [1.165, 1.54) is 12.8 Å².